The number of carbonyl (C=O) groups excluding carboxylic acids is 1. The Bertz CT molecular complexity index is 389. The van der Waals surface area contributed by atoms with E-state index < -0.39 is 0 Å². The monoisotopic (exact) mass is 238 g/mol. The summed E-state index contributed by atoms with van der Waals surface area (Å²) in [6.45, 7) is 0.267. The van der Waals surface area contributed by atoms with Gasteiger partial charge in [0.25, 0.3) is 5.91 Å². The van der Waals surface area contributed by atoms with Gasteiger partial charge in [-0.15, -0.1) is 0 Å². The molecule has 0 fully saturated rings. The van der Waals surface area contributed by atoms with Gasteiger partial charge in [0, 0.05) is 24.7 Å². The smallest absolute Gasteiger partial charge is 0.253 e. The van der Waals surface area contributed by atoms with Crippen LogP contribution >= 0.6 is 12.2 Å². The number of rotatable bonds is 4. The molecule has 5 heteroatoms. The minimum Gasteiger partial charge on any atom is -0.395 e. The molecule has 0 bridgehead atoms. The zero-order chi connectivity index (χ0) is 12.1. The molecule has 0 unspecified atom stereocenters. The van der Waals surface area contributed by atoms with Crippen LogP contribution in [0.5, 0.6) is 0 Å². The van der Waals surface area contributed by atoms with Crippen molar-refractivity contribution in [3.63, 3.8) is 0 Å². The maximum absolute atomic E-state index is 11.8. The van der Waals surface area contributed by atoms with Crippen LogP contribution in [-0.4, -0.2) is 41.1 Å². The number of nitrogens with two attached hydrogens (primary N) is 1. The first-order valence-electron chi connectivity index (χ1n) is 4.82. The maximum atomic E-state index is 11.8. The summed E-state index contributed by atoms with van der Waals surface area (Å²) in [6, 6.07) is 6.76. The van der Waals surface area contributed by atoms with Crippen LogP contribution in [0.25, 0.3) is 0 Å². The van der Waals surface area contributed by atoms with Crippen molar-refractivity contribution in [2.45, 2.75) is 0 Å². The van der Waals surface area contributed by atoms with E-state index in [1.807, 2.05) is 0 Å². The minimum atomic E-state index is -0.136. The first kappa shape index (κ1) is 12.6. The number of benzene rings is 1. The normalized spacial score (nSPS) is 9.88. The van der Waals surface area contributed by atoms with Crippen LogP contribution in [0.3, 0.4) is 0 Å². The summed E-state index contributed by atoms with van der Waals surface area (Å²) in [5, 5.41) is 8.72. The zero-order valence-electron chi connectivity index (χ0n) is 9.01. The van der Waals surface area contributed by atoms with E-state index in [1.165, 1.54) is 4.90 Å². The second-order valence-electron chi connectivity index (χ2n) is 3.39. The Morgan fingerprint density at radius 1 is 1.38 bits per heavy atom. The summed E-state index contributed by atoms with van der Waals surface area (Å²) >= 11 is 4.81. The van der Waals surface area contributed by atoms with Gasteiger partial charge >= 0.3 is 0 Å². The van der Waals surface area contributed by atoms with Crippen LogP contribution in [0.4, 0.5) is 0 Å². The van der Waals surface area contributed by atoms with Gasteiger partial charge in [0.1, 0.15) is 4.99 Å². The Morgan fingerprint density at radius 3 is 2.31 bits per heavy atom. The molecule has 0 spiro atoms. The van der Waals surface area contributed by atoms with Gasteiger partial charge in [0.05, 0.1) is 6.61 Å². The lowest BCUT2D eigenvalue weighted by atomic mass is 10.1. The zero-order valence-corrected chi connectivity index (χ0v) is 9.83. The molecule has 0 atom stereocenters. The third kappa shape index (κ3) is 3.01. The molecule has 0 heterocycles. The molecule has 1 aromatic carbocycles. The third-order valence-corrected chi connectivity index (χ3v) is 2.43. The van der Waals surface area contributed by atoms with E-state index in [0.717, 1.165) is 5.56 Å². The van der Waals surface area contributed by atoms with Gasteiger partial charge in [0.15, 0.2) is 0 Å². The molecule has 0 aromatic heterocycles. The number of likely N-dealkylation sites (N-methyl/N-ethyl adjacent to an activating group) is 1. The predicted molar refractivity (Wildman–Crippen MR) is 66.4 cm³/mol. The van der Waals surface area contributed by atoms with Gasteiger partial charge in [0.2, 0.25) is 0 Å². The number of nitrogens with zero attached hydrogens (tertiary/aromatic N) is 1. The Labute approximate surface area is 99.7 Å². The number of aliphatic hydroxyl groups is 1. The van der Waals surface area contributed by atoms with Gasteiger partial charge in [-0.25, -0.2) is 0 Å². The fraction of sp³-hybridized carbons (Fsp3) is 0.273. The van der Waals surface area contributed by atoms with Crippen LogP contribution in [-0.2, 0) is 0 Å². The summed E-state index contributed by atoms with van der Waals surface area (Å²) < 4.78 is 0. The summed E-state index contributed by atoms with van der Waals surface area (Å²) in [6.07, 6.45) is 0. The first-order valence-corrected chi connectivity index (χ1v) is 5.23. The van der Waals surface area contributed by atoms with E-state index in [2.05, 4.69) is 0 Å². The van der Waals surface area contributed by atoms with Gasteiger partial charge in [-0.1, -0.05) is 24.4 Å². The Hall–Kier alpha value is -1.46. The highest BCUT2D eigenvalue weighted by Gasteiger charge is 2.10. The Balaban J connectivity index is 2.81. The van der Waals surface area contributed by atoms with Crippen LogP contribution in [0.1, 0.15) is 15.9 Å². The Morgan fingerprint density at radius 2 is 1.88 bits per heavy atom. The topological polar surface area (TPSA) is 66.6 Å². The molecule has 0 radical (unpaired) electrons. The quantitative estimate of drug-likeness (QED) is 0.744. The van der Waals surface area contributed by atoms with Crippen molar-refractivity contribution in [1.82, 2.24) is 4.90 Å². The highest BCUT2D eigenvalue weighted by molar-refractivity contribution is 7.80. The van der Waals surface area contributed by atoms with Crippen LogP contribution in [0.15, 0.2) is 24.3 Å². The number of carbonyl (C=O) groups is 1. The molecule has 86 valence electrons. The number of aliphatic hydroxyl groups excluding tert-OH is 1. The van der Waals surface area contributed by atoms with E-state index in [0.29, 0.717) is 17.1 Å². The SMILES string of the molecule is CN(CCO)C(=O)c1ccc(C(N)=S)cc1. The lowest BCUT2D eigenvalue weighted by molar-refractivity contribution is 0.0767. The average Bonchev–Trinajstić information content (AvgIpc) is 2.28. The minimum absolute atomic E-state index is 0.0484. The number of amides is 1. The highest BCUT2D eigenvalue weighted by atomic mass is 32.1. The molecule has 0 saturated carbocycles. The average molecular weight is 238 g/mol. The molecule has 0 aliphatic heterocycles. The fourth-order valence-corrected chi connectivity index (χ4v) is 1.39. The van der Waals surface area contributed by atoms with Crippen molar-refractivity contribution < 1.29 is 9.90 Å². The number of hydrogen-bond donors (Lipinski definition) is 2. The van der Waals surface area contributed by atoms with Crippen molar-refractivity contribution in [3.05, 3.63) is 35.4 Å². The van der Waals surface area contributed by atoms with E-state index in [1.54, 1.807) is 31.3 Å². The van der Waals surface area contributed by atoms with Crippen molar-refractivity contribution in [1.29, 1.82) is 0 Å². The molecule has 0 aliphatic rings. The fourth-order valence-electron chi connectivity index (χ4n) is 1.25. The number of hydrogen-bond acceptors (Lipinski definition) is 3. The first-order chi connectivity index (χ1) is 7.56. The van der Waals surface area contributed by atoms with Gasteiger partial charge < -0.3 is 15.7 Å². The Kier molecular flexibility index (Phi) is 4.39. The standard InChI is InChI=1S/C11H14N2O2S/c1-13(6-7-14)11(15)9-4-2-8(3-5-9)10(12)16/h2-5,14H,6-7H2,1H3,(H2,12,16). The molecule has 1 rings (SSSR count). The second-order valence-corrected chi connectivity index (χ2v) is 3.83. The van der Waals surface area contributed by atoms with Gasteiger partial charge in [-0.2, -0.15) is 0 Å². The van der Waals surface area contributed by atoms with E-state index >= 15 is 0 Å². The van der Waals surface area contributed by atoms with Crippen molar-refractivity contribution in [3.8, 4) is 0 Å². The molecule has 0 saturated heterocycles. The third-order valence-electron chi connectivity index (χ3n) is 2.20. The van der Waals surface area contributed by atoms with Crippen molar-refractivity contribution >= 4 is 23.1 Å². The molecule has 3 N–H and O–H groups in total. The van der Waals surface area contributed by atoms with E-state index in [-0.39, 0.29) is 12.5 Å². The van der Waals surface area contributed by atoms with E-state index in [9.17, 15) is 4.79 Å². The van der Waals surface area contributed by atoms with Gasteiger partial charge in [-0.3, -0.25) is 4.79 Å². The lowest BCUT2D eigenvalue weighted by Crippen LogP contribution is -2.29. The van der Waals surface area contributed by atoms with Crippen molar-refractivity contribution in [2.24, 2.45) is 5.73 Å². The van der Waals surface area contributed by atoms with Crippen molar-refractivity contribution in [2.75, 3.05) is 20.2 Å². The summed E-state index contributed by atoms with van der Waals surface area (Å²) in [7, 11) is 1.64. The molecular formula is C11H14N2O2S. The molecule has 1 amide bonds. The van der Waals surface area contributed by atoms with Crippen LogP contribution < -0.4 is 5.73 Å². The predicted octanol–water partition coefficient (Wildman–Crippen LogP) is 0.385. The molecule has 4 nitrogen and oxygen atoms in total. The van der Waals surface area contributed by atoms with Crippen LogP contribution in [0, 0.1) is 0 Å². The molecule has 0 aliphatic carbocycles. The van der Waals surface area contributed by atoms with E-state index in [4.69, 9.17) is 23.1 Å². The molecule has 1 aromatic rings. The maximum Gasteiger partial charge on any atom is 0.253 e. The lowest BCUT2D eigenvalue weighted by Gasteiger charge is -2.15. The molecular weight excluding hydrogens is 224 g/mol. The summed E-state index contributed by atoms with van der Waals surface area (Å²) in [5.74, 6) is -0.136. The summed E-state index contributed by atoms with van der Waals surface area (Å²) in [4.78, 5) is 13.5. The molecule has 16 heavy (non-hydrogen) atoms. The largest absolute Gasteiger partial charge is 0.395 e. The second kappa shape index (κ2) is 5.58. The van der Waals surface area contributed by atoms with Gasteiger partial charge in [-0.05, 0) is 12.1 Å². The highest BCUT2D eigenvalue weighted by Crippen LogP contribution is 2.06. The summed E-state index contributed by atoms with van der Waals surface area (Å²) in [5.41, 5.74) is 6.74. The van der Waals surface area contributed by atoms with Crippen LogP contribution in [0.2, 0.25) is 0 Å². The number of thiocarbonyl (C=S) groups is 1.